The largest absolute Gasteiger partial charge is 0.465 e. The molecule has 6 nitrogen and oxygen atoms in total. The van der Waals surface area contributed by atoms with Gasteiger partial charge in [0.2, 0.25) is 10.0 Å². The Bertz CT molecular complexity index is 929. The summed E-state index contributed by atoms with van der Waals surface area (Å²) in [5.74, 6) is -0.309. The van der Waals surface area contributed by atoms with Crippen molar-refractivity contribution >= 4 is 21.7 Å². The van der Waals surface area contributed by atoms with Crippen molar-refractivity contribution in [3.05, 3.63) is 65.7 Å². The Morgan fingerprint density at radius 3 is 2.43 bits per heavy atom. The fourth-order valence-electron chi connectivity index (χ4n) is 3.86. The molecule has 1 unspecified atom stereocenters. The van der Waals surface area contributed by atoms with Crippen LogP contribution in [0.25, 0.3) is 0 Å². The maximum Gasteiger partial charge on any atom is 0.337 e. The summed E-state index contributed by atoms with van der Waals surface area (Å²) in [6.45, 7) is 4.27. The average molecular weight is 431 g/mol. The summed E-state index contributed by atoms with van der Waals surface area (Å²) >= 11 is 0. The molecule has 162 valence electrons. The highest BCUT2D eigenvalue weighted by Crippen LogP contribution is 2.23. The lowest BCUT2D eigenvalue weighted by Gasteiger charge is -2.26. The second-order valence-electron chi connectivity index (χ2n) is 7.73. The van der Waals surface area contributed by atoms with E-state index in [0.29, 0.717) is 23.7 Å². The Morgan fingerprint density at radius 2 is 1.83 bits per heavy atom. The van der Waals surface area contributed by atoms with Crippen LogP contribution in [0.15, 0.2) is 54.6 Å². The number of ether oxygens (including phenoxy) is 1. The third-order valence-electron chi connectivity index (χ3n) is 5.62. The van der Waals surface area contributed by atoms with Gasteiger partial charge in [-0.15, -0.1) is 0 Å². The molecule has 0 amide bonds. The number of hydrogen-bond acceptors (Lipinski definition) is 5. The molecule has 1 aliphatic rings. The van der Waals surface area contributed by atoms with Gasteiger partial charge in [0.15, 0.2) is 0 Å². The van der Waals surface area contributed by atoms with E-state index in [1.807, 2.05) is 30.3 Å². The molecule has 0 bridgehead atoms. The molecule has 2 aromatic rings. The number of hydrogen-bond donors (Lipinski definition) is 0. The van der Waals surface area contributed by atoms with E-state index in [1.54, 1.807) is 24.3 Å². The van der Waals surface area contributed by atoms with Crippen molar-refractivity contribution in [2.75, 3.05) is 30.3 Å². The van der Waals surface area contributed by atoms with Crippen LogP contribution in [0.1, 0.15) is 42.1 Å². The Kier molecular flexibility index (Phi) is 7.50. The molecule has 1 fully saturated rings. The number of esters is 1. The third kappa shape index (κ3) is 5.61. The summed E-state index contributed by atoms with van der Waals surface area (Å²) in [6.07, 6.45) is 2.98. The quantitative estimate of drug-likeness (QED) is 0.568. The zero-order valence-electron chi connectivity index (χ0n) is 17.7. The highest BCUT2D eigenvalue weighted by molar-refractivity contribution is 7.92. The number of nitrogens with zero attached hydrogens (tertiary/aromatic N) is 2. The standard InChI is InChI=1S/C23H30N2O4S/c1-19-8-6-15-24(19)16-7-17-30(27,28)25(22-9-4-3-5-10-22)18-20-11-13-21(14-12-20)23(26)29-2/h3-5,9-14,19H,6-8,15-18H2,1-2H3. The lowest BCUT2D eigenvalue weighted by atomic mass is 10.1. The lowest BCUT2D eigenvalue weighted by Crippen LogP contribution is -2.35. The fourth-order valence-corrected chi connectivity index (χ4v) is 5.36. The maximum atomic E-state index is 13.2. The fraction of sp³-hybridized carbons (Fsp3) is 0.435. The number of carbonyl (C=O) groups is 1. The van der Waals surface area contributed by atoms with Crippen LogP contribution < -0.4 is 4.31 Å². The molecule has 3 rings (SSSR count). The van der Waals surface area contributed by atoms with Crippen molar-refractivity contribution in [3.8, 4) is 0 Å². The van der Waals surface area contributed by atoms with E-state index in [1.165, 1.54) is 24.3 Å². The van der Waals surface area contributed by atoms with Crippen molar-refractivity contribution in [1.82, 2.24) is 4.90 Å². The van der Waals surface area contributed by atoms with Crippen molar-refractivity contribution in [3.63, 3.8) is 0 Å². The SMILES string of the molecule is COC(=O)c1ccc(CN(c2ccccc2)S(=O)(=O)CCCN2CCCC2C)cc1. The number of benzene rings is 2. The number of methoxy groups -OCH3 is 1. The molecule has 1 aliphatic heterocycles. The van der Waals surface area contributed by atoms with Gasteiger partial charge in [-0.1, -0.05) is 30.3 Å². The second kappa shape index (κ2) is 10.1. The summed E-state index contributed by atoms with van der Waals surface area (Å²) in [6, 6.07) is 16.5. The zero-order chi connectivity index (χ0) is 21.6. The predicted octanol–water partition coefficient (Wildman–Crippen LogP) is 3.68. The van der Waals surface area contributed by atoms with E-state index < -0.39 is 16.0 Å². The smallest absolute Gasteiger partial charge is 0.337 e. The Labute approximate surface area is 179 Å². The van der Waals surface area contributed by atoms with Crippen molar-refractivity contribution in [1.29, 1.82) is 0 Å². The van der Waals surface area contributed by atoms with Gasteiger partial charge in [-0.3, -0.25) is 4.31 Å². The molecule has 0 aliphatic carbocycles. The zero-order valence-corrected chi connectivity index (χ0v) is 18.5. The van der Waals surface area contributed by atoms with Gasteiger partial charge >= 0.3 is 5.97 Å². The molecule has 0 N–H and O–H groups in total. The minimum Gasteiger partial charge on any atom is -0.465 e. The summed E-state index contributed by atoms with van der Waals surface area (Å²) in [4.78, 5) is 14.0. The first-order chi connectivity index (χ1) is 14.4. The first-order valence-corrected chi connectivity index (χ1v) is 12.0. The van der Waals surface area contributed by atoms with Crippen molar-refractivity contribution in [2.24, 2.45) is 0 Å². The minimum absolute atomic E-state index is 0.103. The number of likely N-dealkylation sites (tertiary alicyclic amines) is 1. The lowest BCUT2D eigenvalue weighted by molar-refractivity contribution is 0.0600. The Hall–Kier alpha value is -2.38. The molecular formula is C23H30N2O4S. The van der Waals surface area contributed by atoms with Gasteiger partial charge < -0.3 is 9.64 Å². The number of rotatable bonds is 9. The number of carbonyl (C=O) groups excluding carboxylic acids is 1. The van der Waals surface area contributed by atoms with Gasteiger partial charge in [-0.2, -0.15) is 0 Å². The minimum atomic E-state index is -3.50. The van der Waals surface area contributed by atoms with E-state index >= 15 is 0 Å². The summed E-state index contributed by atoms with van der Waals surface area (Å²) < 4.78 is 32.7. The number of para-hydroxylation sites is 1. The van der Waals surface area contributed by atoms with E-state index in [-0.39, 0.29) is 12.3 Å². The normalized spacial score (nSPS) is 17.1. The molecule has 1 saturated heterocycles. The van der Waals surface area contributed by atoms with Crippen LogP contribution in [0.2, 0.25) is 0 Å². The molecule has 1 heterocycles. The highest BCUT2D eigenvalue weighted by Gasteiger charge is 2.25. The average Bonchev–Trinajstić information content (AvgIpc) is 3.17. The molecule has 0 radical (unpaired) electrons. The number of anilines is 1. The van der Waals surface area contributed by atoms with Gasteiger partial charge in [0.25, 0.3) is 0 Å². The van der Waals surface area contributed by atoms with Crippen molar-refractivity contribution < 1.29 is 17.9 Å². The van der Waals surface area contributed by atoms with E-state index in [9.17, 15) is 13.2 Å². The molecule has 0 spiro atoms. The van der Waals surface area contributed by atoms with Crippen LogP contribution >= 0.6 is 0 Å². The molecule has 30 heavy (non-hydrogen) atoms. The van der Waals surface area contributed by atoms with Crippen LogP contribution in [0.5, 0.6) is 0 Å². The highest BCUT2D eigenvalue weighted by atomic mass is 32.2. The Morgan fingerprint density at radius 1 is 1.13 bits per heavy atom. The van der Waals surface area contributed by atoms with Crippen LogP contribution in [-0.2, 0) is 21.3 Å². The van der Waals surface area contributed by atoms with Crippen LogP contribution in [0.3, 0.4) is 0 Å². The first-order valence-electron chi connectivity index (χ1n) is 10.4. The molecule has 1 atom stereocenters. The molecule has 7 heteroatoms. The third-order valence-corrected chi connectivity index (χ3v) is 7.44. The second-order valence-corrected chi connectivity index (χ2v) is 9.74. The van der Waals surface area contributed by atoms with Gasteiger partial charge in [-0.05, 0) is 69.1 Å². The summed E-state index contributed by atoms with van der Waals surface area (Å²) in [7, 11) is -2.16. The predicted molar refractivity (Wildman–Crippen MR) is 119 cm³/mol. The van der Waals surface area contributed by atoms with Gasteiger partial charge in [-0.25, -0.2) is 13.2 Å². The van der Waals surface area contributed by atoms with E-state index in [4.69, 9.17) is 4.74 Å². The topological polar surface area (TPSA) is 66.9 Å². The van der Waals surface area contributed by atoms with Gasteiger partial charge in [0.1, 0.15) is 0 Å². The molecule has 0 aromatic heterocycles. The summed E-state index contributed by atoms with van der Waals surface area (Å²) in [5, 5.41) is 0. The van der Waals surface area contributed by atoms with Crippen LogP contribution in [0, 0.1) is 0 Å². The van der Waals surface area contributed by atoms with Gasteiger partial charge in [0, 0.05) is 6.04 Å². The monoisotopic (exact) mass is 430 g/mol. The van der Waals surface area contributed by atoms with Crippen molar-refractivity contribution in [2.45, 2.75) is 38.8 Å². The first kappa shape index (κ1) is 22.3. The molecule has 2 aromatic carbocycles. The maximum absolute atomic E-state index is 13.2. The van der Waals surface area contributed by atoms with Crippen LogP contribution in [-0.4, -0.2) is 51.3 Å². The number of sulfonamides is 1. The van der Waals surface area contributed by atoms with Crippen LogP contribution in [0.4, 0.5) is 5.69 Å². The van der Waals surface area contributed by atoms with Gasteiger partial charge in [0.05, 0.1) is 30.7 Å². The van der Waals surface area contributed by atoms with E-state index in [2.05, 4.69) is 11.8 Å². The summed E-state index contributed by atoms with van der Waals surface area (Å²) in [5.41, 5.74) is 1.89. The molecular weight excluding hydrogens is 400 g/mol. The van der Waals surface area contributed by atoms with E-state index in [0.717, 1.165) is 18.7 Å². The molecule has 0 saturated carbocycles. The Balaban J connectivity index is 1.74.